The highest BCUT2D eigenvalue weighted by molar-refractivity contribution is 7.89. The van der Waals surface area contributed by atoms with Crippen LogP contribution in [0.3, 0.4) is 0 Å². The van der Waals surface area contributed by atoms with E-state index < -0.39 is 10.0 Å². The zero-order valence-electron chi connectivity index (χ0n) is 20.6. The summed E-state index contributed by atoms with van der Waals surface area (Å²) in [5, 5.41) is 0. The van der Waals surface area contributed by atoms with E-state index in [2.05, 4.69) is 9.62 Å². The molecule has 3 aromatic rings. The number of methoxy groups -OCH3 is 1. The second kappa shape index (κ2) is 10.8. The Morgan fingerprint density at radius 1 is 0.919 bits per heavy atom. The number of hydrogen-bond acceptors (Lipinski definition) is 7. The molecule has 1 N–H and O–H groups in total. The minimum Gasteiger partial charge on any atom is -0.495 e. The number of amides is 1. The maximum Gasteiger partial charge on any atom is 0.253 e. The molecule has 1 saturated heterocycles. The smallest absolute Gasteiger partial charge is 0.253 e. The molecule has 2 aliphatic rings. The number of fused-ring (bicyclic) bond motifs is 1. The molecule has 2 heterocycles. The van der Waals surface area contributed by atoms with Crippen LogP contribution in [0.4, 0.5) is 0 Å². The Balaban J connectivity index is 1.23. The van der Waals surface area contributed by atoms with Crippen molar-refractivity contribution in [2.24, 2.45) is 0 Å². The molecular formula is C27H29N3O6S. The summed E-state index contributed by atoms with van der Waals surface area (Å²) >= 11 is 0. The number of nitrogens with zero attached hydrogens (tertiary/aromatic N) is 2. The molecule has 0 unspecified atom stereocenters. The van der Waals surface area contributed by atoms with Gasteiger partial charge in [0.15, 0.2) is 11.5 Å². The third-order valence-electron chi connectivity index (χ3n) is 6.51. The highest BCUT2D eigenvalue weighted by Gasteiger charge is 2.26. The molecule has 9 nitrogen and oxygen atoms in total. The maximum atomic E-state index is 13.3. The Hall–Kier alpha value is -3.60. The van der Waals surface area contributed by atoms with Gasteiger partial charge in [-0.05, 0) is 41.5 Å². The van der Waals surface area contributed by atoms with Gasteiger partial charge in [-0.3, -0.25) is 9.69 Å². The Labute approximate surface area is 216 Å². The number of piperazine rings is 1. The van der Waals surface area contributed by atoms with Crippen LogP contribution >= 0.6 is 0 Å². The summed E-state index contributed by atoms with van der Waals surface area (Å²) in [6, 6.07) is 19.7. The molecule has 0 aromatic heterocycles. The zero-order chi connectivity index (χ0) is 25.8. The van der Waals surface area contributed by atoms with Gasteiger partial charge in [0.25, 0.3) is 5.91 Å². The summed E-state index contributed by atoms with van der Waals surface area (Å²) in [7, 11) is -2.50. The van der Waals surface area contributed by atoms with E-state index >= 15 is 0 Å². The molecule has 0 saturated carbocycles. The molecule has 0 spiro atoms. The molecular weight excluding hydrogens is 494 g/mol. The number of hydrogen-bond donors (Lipinski definition) is 1. The molecule has 10 heteroatoms. The molecule has 0 radical (unpaired) electrons. The molecule has 1 fully saturated rings. The predicted molar refractivity (Wildman–Crippen MR) is 137 cm³/mol. The van der Waals surface area contributed by atoms with Gasteiger partial charge in [-0.25, -0.2) is 13.1 Å². The van der Waals surface area contributed by atoms with Gasteiger partial charge in [0.1, 0.15) is 10.6 Å². The van der Waals surface area contributed by atoms with Crippen molar-refractivity contribution in [3.8, 4) is 17.2 Å². The average molecular weight is 524 g/mol. The van der Waals surface area contributed by atoms with E-state index in [0.717, 1.165) is 29.2 Å². The topological polar surface area (TPSA) is 97.4 Å². The van der Waals surface area contributed by atoms with Gasteiger partial charge in [0.2, 0.25) is 16.8 Å². The quantitative estimate of drug-likeness (QED) is 0.485. The predicted octanol–water partition coefficient (Wildman–Crippen LogP) is 2.86. The van der Waals surface area contributed by atoms with Crippen LogP contribution in [0.25, 0.3) is 0 Å². The Bertz CT molecular complexity index is 1370. The number of ether oxygens (including phenoxy) is 3. The fraction of sp³-hybridized carbons (Fsp3) is 0.296. The van der Waals surface area contributed by atoms with Crippen molar-refractivity contribution in [1.29, 1.82) is 0 Å². The van der Waals surface area contributed by atoms with Crippen LogP contribution in [0, 0.1) is 0 Å². The minimum absolute atomic E-state index is 0.0572. The SMILES string of the molecule is COc1ccc(C(=O)N2CCN(Cc3ccc4c(c3)OCO4)CC2)cc1S(=O)(=O)NCc1ccccc1. The number of nitrogens with one attached hydrogen (secondary N) is 1. The van der Waals surface area contributed by atoms with E-state index in [1.807, 2.05) is 48.5 Å². The number of benzene rings is 3. The van der Waals surface area contributed by atoms with Crippen LogP contribution in [0.2, 0.25) is 0 Å². The molecule has 0 aliphatic carbocycles. The summed E-state index contributed by atoms with van der Waals surface area (Å²) in [5.41, 5.74) is 2.26. The van der Waals surface area contributed by atoms with Crippen LogP contribution in [-0.4, -0.2) is 64.2 Å². The fourth-order valence-electron chi connectivity index (χ4n) is 4.46. The molecule has 0 atom stereocenters. The summed E-state index contributed by atoms with van der Waals surface area (Å²) in [6.07, 6.45) is 0. The van der Waals surface area contributed by atoms with Crippen molar-refractivity contribution < 1.29 is 27.4 Å². The summed E-state index contributed by atoms with van der Waals surface area (Å²) in [6.45, 7) is 3.64. The molecule has 2 aliphatic heterocycles. The second-order valence-corrected chi connectivity index (χ2v) is 10.7. The van der Waals surface area contributed by atoms with E-state index in [1.165, 1.54) is 19.2 Å². The minimum atomic E-state index is -3.91. The van der Waals surface area contributed by atoms with Crippen molar-refractivity contribution in [3.05, 3.63) is 83.4 Å². The van der Waals surface area contributed by atoms with E-state index in [-0.39, 0.29) is 29.9 Å². The maximum absolute atomic E-state index is 13.3. The van der Waals surface area contributed by atoms with Gasteiger partial charge in [-0.1, -0.05) is 36.4 Å². The Morgan fingerprint density at radius 3 is 2.43 bits per heavy atom. The molecule has 3 aromatic carbocycles. The Kier molecular flexibility index (Phi) is 7.31. The van der Waals surface area contributed by atoms with Gasteiger partial charge in [0.05, 0.1) is 7.11 Å². The van der Waals surface area contributed by atoms with Crippen LogP contribution in [0.15, 0.2) is 71.6 Å². The second-order valence-electron chi connectivity index (χ2n) is 8.93. The molecule has 1 amide bonds. The van der Waals surface area contributed by atoms with Crippen molar-refractivity contribution in [2.45, 2.75) is 18.0 Å². The third kappa shape index (κ3) is 5.71. The Morgan fingerprint density at radius 2 is 1.68 bits per heavy atom. The van der Waals surface area contributed by atoms with Gasteiger partial charge in [0, 0.05) is 44.8 Å². The van der Waals surface area contributed by atoms with Crippen LogP contribution in [0.5, 0.6) is 17.2 Å². The lowest BCUT2D eigenvalue weighted by atomic mass is 10.1. The molecule has 5 rings (SSSR count). The van der Waals surface area contributed by atoms with Crippen LogP contribution in [0.1, 0.15) is 21.5 Å². The highest BCUT2D eigenvalue weighted by atomic mass is 32.2. The van der Waals surface area contributed by atoms with Gasteiger partial charge < -0.3 is 19.1 Å². The number of sulfonamides is 1. The van der Waals surface area contributed by atoms with Crippen molar-refractivity contribution in [3.63, 3.8) is 0 Å². The van der Waals surface area contributed by atoms with Gasteiger partial charge in [-0.2, -0.15) is 0 Å². The lowest BCUT2D eigenvalue weighted by molar-refractivity contribution is 0.0628. The monoisotopic (exact) mass is 523 g/mol. The molecule has 194 valence electrons. The normalized spacial score (nSPS) is 15.5. The fourth-order valence-corrected chi connectivity index (χ4v) is 5.67. The number of rotatable bonds is 8. The van der Waals surface area contributed by atoms with Gasteiger partial charge in [-0.15, -0.1) is 0 Å². The van der Waals surface area contributed by atoms with E-state index in [0.29, 0.717) is 31.7 Å². The summed E-state index contributed by atoms with van der Waals surface area (Å²) < 4.78 is 44.9. The van der Waals surface area contributed by atoms with E-state index in [4.69, 9.17) is 14.2 Å². The summed E-state index contributed by atoms with van der Waals surface area (Å²) in [5.74, 6) is 1.50. The summed E-state index contributed by atoms with van der Waals surface area (Å²) in [4.78, 5) is 17.2. The standard InChI is InChI=1S/C27H29N3O6S/c1-34-24-10-8-22(16-26(24)37(32,33)28-17-20-5-3-2-4-6-20)27(31)30-13-11-29(12-14-30)18-21-7-9-23-25(15-21)36-19-35-23/h2-10,15-16,28H,11-14,17-19H2,1H3. The van der Waals surface area contributed by atoms with Crippen LogP contribution < -0.4 is 18.9 Å². The largest absolute Gasteiger partial charge is 0.495 e. The number of carbonyl (C=O) groups is 1. The van der Waals surface area contributed by atoms with Crippen LogP contribution in [-0.2, 0) is 23.1 Å². The van der Waals surface area contributed by atoms with E-state index in [1.54, 1.807) is 11.0 Å². The lowest BCUT2D eigenvalue weighted by Gasteiger charge is -2.35. The first kappa shape index (κ1) is 25.1. The first-order valence-electron chi connectivity index (χ1n) is 12.0. The lowest BCUT2D eigenvalue weighted by Crippen LogP contribution is -2.48. The van der Waals surface area contributed by atoms with Crippen molar-refractivity contribution >= 4 is 15.9 Å². The van der Waals surface area contributed by atoms with Crippen molar-refractivity contribution in [1.82, 2.24) is 14.5 Å². The highest BCUT2D eigenvalue weighted by Crippen LogP contribution is 2.33. The first-order valence-corrected chi connectivity index (χ1v) is 13.5. The van der Waals surface area contributed by atoms with E-state index in [9.17, 15) is 13.2 Å². The first-order chi connectivity index (χ1) is 17.9. The van der Waals surface area contributed by atoms with Crippen molar-refractivity contribution in [2.75, 3.05) is 40.1 Å². The zero-order valence-corrected chi connectivity index (χ0v) is 21.4. The number of carbonyl (C=O) groups excluding carboxylic acids is 1. The van der Waals surface area contributed by atoms with Gasteiger partial charge >= 0.3 is 0 Å². The molecule has 0 bridgehead atoms. The average Bonchev–Trinajstić information content (AvgIpc) is 3.40. The molecule has 37 heavy (non-hydrogen) atoms. The third-order valence-corrected chi connectivity index (χ3v) is 7.93.